The van der Waals surface area contributed by atoms with Gasteiger partial charge in [0.15, 0.2) is 0 Å². The van der Waals surface area contributed by atoms with Crippen LogP contribution in [0.15, 0.2) is 54.6 Å². The van der Waals surface area contributed by atoms with E-state index in [1.807, 2.05) is 49.4 Å². The minimum Gasteiger partial charge on any atom is -0.330 e. The summed E-state index contributed by atoms with van der Waals surface area (Å²) in [6.07, 6.45) is 0.754. The smallest absolute Gasteiger partial charge is 0.228 e. The third-order valence-corrected chi connectivity index (χ3v) is 3.41. The molecule has 0 fully saturated rings. The Morgan fingerprint density at radius 3 is 2.20 bits per heavy atom. The van der Waals surface area contributed by atoms with Gasteiger partial charge in [-0.3, -0.25) is 4.79 Å². The summed E-state index contributed by atoms with van der Waals surface area (Å²) < 4.78 is 0. The topological polar surface area (TPSA) is 55.1 Å². The van der Waals surface area contributed by atoms with Gasteiger partial charge in [0.05, 0.1) is 5.92 Å². The lowest BCUT2D eigenvalue weighted by Gasteiger charge is -2.13. The number of anilines is 1. The van der Waals surface area contributed by atoms with E-state index < -0.39 is 0 Å². The van der Waals surface area contributed by atoms with E-state index >= 15 is 0 Å². The first-order valence-electron chi connectivity index (χ1n) is 6.91. The monoisotopic (exact) mass is 268 g/mol. The van der Waals surface area contributed by atoms with Crippen molar-refractivity contribution < 1.29 is 4.79 Å². The Morgan fingerprint density at radius 2 is 1.65 bits per heavy atom. The molecule has 0 aliphatic rings. The van der Waals surface area contributed by atoms with Gasteiger partial charge in [0.1, 0.15) is 0 Å². The lowest BCUT2D eigenvalue weighted by molar-refractivity contribution is -0.119. The maximum Gasteiger partial charge on any atom is 0.228 e. The van der Waals surface area contributed by atoms with Gasteiger partial charge < -0.3 is 11.1 Å². The van der Waals surface area contributed by atoms with E-state index in [4.69, 9.17) is 5.73 Å². The van der Waals surface area contributed by atoms with Crippen LogP contribution >= 0.6 is 0 Å². The molecule has 1 atom stereocenters. The minimum absolute atomic E-state index is 0.0116. The Morgan fingerprint density at radius 1 is 1.05 bits per heavy atom. The lowest BCUT2D eigenvalue weighted by Crippen LogP contribution is -2.28. The third-order valence-electron chi connectivity index (χ3n) is 3.41. The summed E-state index contributed by atoms with van der Waals surface area (Å²) in [4.78, 5) is 11.9. The van der Waals surface area contributed by atoms with Crippen molar-refractivity contribution in [3.8, 4) is 11.1 Å². The standard InChI is InChI=1S/C17H20N2O/c1-2-13(12-18)17(20)19-16-10-8-15(9-11-16)14-6-4-3-5-7-14/h3-11,13H,2,12,18H2,1H3,(H,19,20). The van der Waals surface area contributed by atoms with Crippen molar-refractivity contribution in [1.82, 2.24) is 0 Å². The van der Waals surface area contributed by atoms with E-state index in [0.717, 1.165) is 17.7 Å². The molecular weight excluding hydrogens is 248 g/mol. The predicted octanol–water partition coefficient (Wildman–Crippen LogP) is 3.28. The number of carbonyl (C=O) groups is 1. The van der Waals surface area contributed by atoms with Crippen molar-refractivity contribution in [3.05, 3.63) is 54.6 Å². The second-order valence-electron chi connectivity index (χ2n) is 4.77. The average Bonchev–Trinajstić information content (AvgIpc) is 2.50. The lowest BCUT2D eigenvalue weighted by atomic mass is 10.0. The number of amides is 1. The van der Waals surface area contributed by atoms with Crippen LogP contribution in [0.5, 0.6) is 0 Å². The van der Waals surface area contributed by atoms with Gasteiger partial charge >= 0.3 is 0 Å². The van der Waals surface area contributed by atoms with E-state index in [1.54, 1.807) is 0 Å². The van der Waals surface area contributed by atoms with Crippen LogP contribution < -0.4 is 11.1 Å². The summed E-state index contributed by atoms with van der Waals surface area (Å²) >= 11 is 0. The molecule has 104 valence electrons. The number of nitrogens with one attached hydrogen (secondary N) is 1. The van der Waals surface area contributed by atoms with Crippen LogP contribution in [0.4, 0.5) is 5.69 Å². The van der Waals surface area contributed by atoms with Crippen molar-refractivity contribution in [2.75, 3.05) is 11.9 Å². The van der Waals surface area contributed by atoms with Gasteiger partial charge in [-0.2, -0.15) is 0 Å². The number of nitrogens with two attached hydrogens (primary N) is 1. The number of carbonyl (C=O) groups excluding carboxylic acids is 1. The molecule has 0 saturated carbocycles. The number of hydrogen-bond acceptors (Lipinski definition) is 2. The van der Waals surface area contributed by atoms with Crippen LogP contribution in [0, 0.1) is 5.92 Å². The van der Waals surface area contributed by atoms with Crippen molar-refractivity contribution in [1.29, 1.82) is 0 Å². The van der Waals surface area contributed by atoms with Gasteiger partial charge in [-0.25, -0.2) is 0 Å². The molecule has 0 aliphatic carbocycles. The molecule has 0 saturated heterocycles. The van der Waals surface area contributed by atoms with Crippen molar-refractivity contribution in [2.24, 2.45) is 11.7 Å². The molecule has 0 aromatic heterocycles. The summed E-state index contributed by atoms with van der Waals surface area (Å²) in [7, 11) is 0. The highest BCUT2D eigenvalue weighted by molar-refractivity contribution is 5.92. The van der Waals surface area contributed by atoms with Crippen LogP contribution in [-0.4, -0.2) is 12.5 Å². The molecule has 3 N–H and O–H groups in total. The highest BCUT2D eigenvalue weighted by atomic mass is 16.1. The normalized spacial score (nSPS) is 11.9. The number of rotatable bonds is 5. The number of hydrogen-bond donors (Lipinski definition) is 2. The molecule has 1 unspecified atom stereocenters. The zero-order valence-electron chi connectivity index (χ0n) is 11.7. The first kappa shape index (κ1) is 14.3. The summed E-state index contributed by atoms with van der Waals surface area (Å²) in [6.45, 7) is 2.35. The fraction of sp³-hybridized carbons (Fsp3) is 0.235. The van der Waals surface area contributed by atoms with Crippen LogP contribution in [-0.2, 0) is 4.79 Å². The molecule has 0 radical (unpaired) electrons. The summed E-state index contributed by atoms with van der Waals surface area (Å²) in [5.41, 5.74) is 8.68. The van der Waals surface area contributed by atoms with Gasteiger partial charge in [0.25, 0.3) is 0 Å². The van der Waals surface area contributed by atoms with Gasteiger partial charge in [-0.1, -0.05) is 49.4 Å². The molecule has 2 aromatic carbocycles. The summed E-state index contributed by atoms with van der Waals surface area (Å²) in [6, 6.07) is 18.0. The fourth-order valence-electron chi connectivity index (χ4n) is 2.08. The Hall–Kier alpha value is -2.13. The highest BCUT2D eigenvalue weighted by Gasteiger charge is 2.14. The van der Waals surface area contributed by atoms with Gasteiger partial charge in [-0.05, 0) is 29.7 Å². The van der Waals surface area contributed by atoms with Crippen LogP contribution in [0.25, 0.3) is 11.1 Å². The molecule has 0 bridgehead atoms. The third kappa shape index (κ3) is 3.45. The molecule has 20 heavy (non-hydrogen) atoms. The average molecular weight is 268 g/mol. The molecule has 0 heterocycles. The zero-order valence-corrected chi connectivity index (χ0v) is 11.7. The first-order valence-corrected chi connectivity index (χ1v) is 6.91. The Balaban J connectivity index is 2.07. The second kappa shape index (κ2) is 6.87. The van der Waals surface area contributed by atoms with Crippen LogP contribution in [0.3, 0.4) is 0 Å². The van der Waals surface area contributed by atoms with E-state index in [9.17, 15) is 4.79 Å². The summed E-state index contributed by atoms with van der Waals surface area (Å²) in [5.74, 6) is -0.133. The maximum absolute atomic E-state index is 11.9. The van der Waals surface area contributed by atoms with Crippen LogP contribution in [0.2, 0.25) is 0 Å². The van der Waals surface area contributed by atoms with E-state index in [2.05, 4.69) is 17.4 Å². The van der Waals surface area contributed by atoms with Crippen molar-refractivity contribution >= 4 is 11.6 Å². The summed E-state index contributed by atoms with van der Waals surface area (Å²) in [5, 5.41) is 2.90. The van der Waals surface area contributed by atoms with E-state index in [0.29, 0.717) is 6.54 Å². The molecule has 3 heteroatoms. The molecule has 0 aliphatic heterocycles. The Kier molecular flexibility index (Phi) is 4.91. The minimum atomic E-state index is -0.121. The van der Waals surface area contributed by atoms with Crippen LogP contribution in [0.1, 0.15) is 13.3 Å². The van der Waals surface area contributed by atoms with Crippen molar-refractivity contribution in [3.63, 3.8) is 0 Å². The van der Waals surface area contributed by atoms with Gasteiger partial charge in [-0.15, -0.1) is 0 Å². The molecule has 3 nitrogen and oxygen atoms in total. The first-order chi connectivity index (χ1) is 9.74. The maximum atomic E-state index is 11.9. The largest absolute Gasteiger partial charge is 0.330 e. The van der Waals surface area contributed by atoms with Gasteiger partial charge in [0.2, 0.25) is 5.91 Å². The SMILES string of the molecule is CCC(CN)C(=O)Nc1ccc(-c2ccccc2)cc1. The number of benzene rings is 2. The molecule has 2 rings (SSSR count). The Labute approximate surface area is 119 Å². The molecule has 0 spiro atoms. The second-order valence-corrected chi connectivity index (χ2v) is 4.77. The van der Waals surface area contributed by atoms with Gasteiger partial charge in [0, 0.05) is 12.2 Å². The van der Waals surface area contributed by atoms with Crippen molar-refractivity contribution in [2.45, 2.75) is 13.3 Å². The predicted molar refractivity (Wildman–Crippen MR) is 83.3 cm³/mol. The Bertz CT molecular complexity index is 545. The molecule has 2 aromatic rings. The quantitative estimate of drug-likeness (QED) is 0.874. The van der Waals surface area contributed by atoms with E-state index in [1.165, 1.54) is 5.56 Å². The fourth-order valence-corrected chi connectivity index (χ4v) is 2.08. The molecule has 1 amide bonds. The zero-order chi connectivity index (χ0) is 14.4. The molecular formula is C17H20N2O. The van der Waals surface area contributed by atoms with E-state index in [-0.39, 0.29) is 11.8 Å². The highest BCUT2D eigenvalue weighted by Crippen LogP contribution is 2.21.